The highest BCUT2D eigenvalue weighted by Gasteiger charge is 2.29. The first-order valence-electron chi connectivity index (χ1n) is 9.70. The molecule has 0 radical (unpaired) electrons. The average Bonchev–Trinajstić information content (AvgIpc) is 2.74. The fourth-order valence-corrected chi connectivity index (χ4v) is 6.52. The quantitative estimate of drug-likeness (QED) is 0.771. The molecule has 0 spiro atoms. The third kappa shape index (κ3) is 4.48. The molecule has 8 heteroatoms. The molecule has 0 bridgehead atoms. The number of nitrogens with one attached hydrogen (secondary N) is 1. The first kappa shape index (κ1) is 20.7. The lowest BCUT2D eigenvalue weighted by atomic mass is 10.0. The fourth-order valence-electron chi connectivity index (χ4n) is 3.77. The van der Waals surface area contributed by atoms with E-state index in [1.165, 1.54) is 28.1 Å². The van der Waals surface area contributed by atoms with Gasteiger partial charge in [0.15, 0.2) is 0 Å². The normalized spacial score (nSPS) is 18.2. The van der Waals surface area contributed by atoms with E-state index in [4.69, 9.17) is 11.6 Å². The Balaban J connectivity index is 1.57. The van der Waals surface area contributed by atoms with Crippen LogP contribution in [0.4, 0.5) is 0 Å². The number of fused-ring (bicyclic) bond motifs is 1. The van der Waals surface area contributed by atoms with Gasteiger partial charge in [0.25, 0.3) is 5.91 Å². The van der Waals surface area contributed by atoms with Gasteiger partial charge in [-0.2, -0.15) is 16.1 Å². The van der Waals surface area contributed by atoms with Crippen molar-refractivity contribution in [3.63, 3.8) is 0 Å². The molecule has 0 saturated carbocycles. The van der Waals surface area contributed by atoms with Crippen LogP contribution in [0.1, 0.15) is 34.3 Å². The highest BCUT2D eigenvalue weighted by molar-refractivity contribution is 7.99. The van der Waals surface area contributed by atoms with E-state index in [1.54, 1.807) is 0 Å². The molecule has 1 N–H and O–H groups in total. The van der Waals surface area contributed by atoms with Crippen molar-refractivity contribution in [1.29, 1.82) is 0 Å². The van der Waals surface area contributed by atoms with E-state index in [1.807, 2.05) is 36.0 Å². The maximum absolute atomic E-state index is 13.2. The minimum Gasteiger partial charge on any atom is -0.349 e. The largest absolute Gasteiger partial charge is 0.349 e. The van der Waals surface area contributed by atoms with Crippen molar-refractivity contribution >= 4 is 39.3 Å². The molecule has 2 aliphatic heterocycles. The maximum atomic E-state index is 13.2. The first-order valence-corrected chi connectivity index (χ1v) is 12.7. The van der Waals surface area contributed by atoms with Gasteiger partial charge in [-0.05, 0) is 60.1 Å². The summed E-state index contributed by atoms with van der Waals surface area (Å²) in [4.78, 5) is 12.8. The number of sulfonamides is 1. The fraction of sp³-hybridized carbons (Fsp3) is 0.381. The zero-order valence-electron chi connectivity index (χ0n) is 15.9. The molecule has 5 nitrogen and oxygen atoms in total. The number of halogens is 1. The van der Waals surface area contributed by atoms with Crippen LogP contribution < -0.4 is 5.32 Å². The SMILES string of the molecule is O=C(NC1CCSCC1)c1cc(S(=O)(=O)N2CCc3ccccc3C2)ccc1Cl. The molecule has 2 aromatic carbocycles. The van der Waals surface area contributed by atoms with Crippen LogP contribution in [0.2, 0.25) is 5.02 Å². The van der Waals surface area contributed by atoms with Crippen LogP contribution in [0.3, 0.4) is 0 Å². The lowest BCUT2D eigenvalue weighted by molar-refractivity contribution is 0.0935. The number of benzene rings is 2. The van der Waals surface area contributed by atoms with Gasteiger partial charge in [-0.1, -0.05) is 35.9 Å². The van der Waals surface area contributed by atoms with E-state index < -0.39 is 10.0 Å². The summed E-state index contributed by atoms with van der Waals surface area (Å²) < 4.78 is 27.9. The Morgan fingerprint density at radius 1 is 1.10 bits per heavy atom. The van der Waals surface area contributed by atoms with Crippen LogP contribution in [0, 0.1) is 0 Å². The maximum Gasteiger partial charge on any atom is 0.253 e. The van der Waals surface area contributed by atoms with Crippen molar-refractivity contribution < 1.29 is 13.2 Å². The molecule has 0 atom stereocenters. The molecular weight excluding hydrogens is 428 g/mol. The molecule has 0 aliphatic carbocycles. The van der Waals surface area contributed by atoms with Crippen LogP contribution in [-0.4, -0.2) is 42.7 Å². The number of hydrogen-bond acceptors (Lipinski definition) is 4. The van der Waals surface area contributed by atoms with Crippen molar-refractivity contribution in [2.45, 2.75) is 36.7 Å². The van der Waals surface area contributed by atoms with Gasteiger partial charge in [-0.25, -0.2) is 8.42 Å². The Kier molecular flexibility index (Phi) is 6.20. The highest BCUT2D eigenvalue weighted by atomic mass is 35.5. The molecule has 4 rings (SSSR count). The number of hydrogen-bond donors (Lipinski definition) is 1. The second-order valence-electron chi connectivity index (χ2n) is 7.36. The third-order valence-electron chi connectivity index (χ3n) is 5.47. The van der Waals surface area contributed by atoms with Crippen molar-refractivity contribution in [2.75, 3.05) is 18.1 Å². The summed E-state index contributed by atoms with van der Waals surface area (Å²) in [5.74, 6) is 1.72. The van der Waals surface area contributed by atoms with Crippen LogP contribution >= 0.6 is 23.4 Å². The summed E-state index contributed by atoms with van der Waals surface area (Å²) >= 11 is 8.12. The van der Waals surface area contributed by atoms with E-state index in [9.17, 15) is 13.2 Å². The van der Waals surface area contributed by atoms with Crippen molar-refractivity contribution in [1.82, 2.24) is 9.62 Å². The van der Waals surface area contributed by atoms with Gasteiger partial charge in [-0.15, -0.1) is 0 Å². The van der Waals surface area contributed by atoms with Gasteiger partial charge in [0, 0.05) is 19.1 Å². The molecule has 1 fully saturated rings. The average molecular weight is 451 g/mol. The third-order valence-corrected chi connectivity index (χ3v) is 8.69. The van der Waals surface area contributed by atoms with Gasteiger partial charge in [-0.3, -0.25) is 4.79 Å². The standard InChI is InChI=1S/C21H23ClN2O3S2/c22-20-6-5-18(13-19(20)21(25)23-17-8-11-28-12-9-17)29(26,27)24-10-7-15-3-1-2-4-16(15)14-24/h1-6,13,17H,7-12,14H2,(H,23,25). The predicted octanol–water partition coefficient (Wildman–Crippen LogP) is 3.71. The Bertz CT molecular complexity index is 1020. The molecule has 0 aromatic heterocycles. The summed E-state index contributed by atoms with van der Waals surface area (Å²) in [6.45, 7) is 0.756. The van der Waals surface area contributed by atoms with Crippen LogP contribution in [-0.2, 0) is 23.0 Å². The number of carbonyl (C=O) groups is 1. The summed E-state index contributed by atoms with van der Waals surface area (Å²) in [7, 11) is -3.72. The highest BCUT2D eigenvalue weighted by Crippen LogP contribution is 2.28. The number of amides is 1. The van der Waals surface area contributed by atoms with E-state index in [0.29, 0.717) is 19.5 Å². The summed E-state index contributed by atoms with van der Waals surface area (Å²) in [6, 6.07) is 12.4. The van der Waals surface area contributed by atoms with Gasteiger partial charge < -0.3 is 5.32 Å². The molecule has 1 saturated heterocycles. The molecule has 29 heavy (non-hydrogen) atoms. The molecule has 2 aromatic rings. The first-order chi connectivity index (χ1) is 13.9. The number of rotatable bonds is 4. The molecule has 0 unspecified atom stereocenters. The minimum atomic E-state index is -3.72. The zero-order chi connectivity index (χ0) is 20.4. The van der Waals surface area contributed by atoms with Crippen LogP contribution in [0.25, 0.3) is 0 Å². The summed E-state index contributed by atoms with van der Waals surface area (Å²) in [5, 5.41) is 3.26. The number of nitrogens with zero attached hydrogens (tertiary/aromatic N) is 1. The molecule has 1 amide bonds. The van der Waals surface area contributed by atoms with Gasteiger partial charge in [0.1, 0.15) is 0 Å². The molecule has 2 aliphatic rings. The Morgan fingerprint density at radius 3 is 2.59 bits per heavy atom. The topological polar surface area (TPSA) is 66.5 Å². The van der Waals surface area contributed by atoms with Crippen molar-refractivity contribution in [3.8, 4) is 0 Å². The molecule has 2 heterocycles. The monoisotopic (exact) mass is 450 g/mol. The summed E-state index contributed by atoms with van der Waals surface area (Å²) in [6.07, 6.45) is 2.51. The number of carbonyl (C=O) groups excluding carboxylic acids is 1. The van der Waals surface area contributed by atoms with Crippen LogP contribution in [0.15, 0.2) is 47.4 Å². The van der Waals surface area contributed by atoms with E-state index in [-0.39, 0.29) is 27.4 Å². The predicted molar refractivity (Wildman–Crippen MR) is 117 cm³/mol. The lowest BCUT2D eigenvalue weighted by Crippen LogP contribution is -2.38. The van der Waals surface area contributed by atoms with Crippen molar-refractivity contribution in [2.24, 2.45) is 0 Å². The zero-order valence-corrected chi connectivity index (χ0v) is 18.3. The second kappa shape index (κ2) is 8.68. The smallest absolute Gasteiger partial charge is 0.253 e. The molecular formula is C21H23ClN2O3S2. The van der Waals surface area contributed by atoms with Crippen LogP contribution in [0.5, 0.6) is 0 Å². The lowest BCUT2D eigenvalue weighted by Gasteiger charge is -2.28. The second-order valence-corrected chi connectivity index (χ2v) is 10.9. The van der Waals surface area contributed by atoms with Gasteiger partial charge in [0.05, 0.1) is 15.5 Å². The Labute approximate surface area is 180 Å². The summed E-state index contributed by atoms with van der Waals surface area (Å²) in [5.41, 5.74) is 2.41. The van der Waals surface area contributed by atoms with Gasteiger partial charge >= 0.3 is 0 Å². The van der Waals surface area contributed by atoms with Crippen molar-refractivity contribution in [3.05, 3.63) is 64.2 Å². The Morgan fingerprint density at radius 2 is 1.83 bits per heavy atom. The van der Waals surface area contributed by atoms with Gasteiger partial charge in [0.2, 0.25) is 10.0 Å². The Hall–Kier alpha value is -1.54. The van der Waals surface area contributed by atoms with E-state index in [2.05, 4.69) is 5.32 Å². The molecule has 154 valence electrons. The van der Waals surface area contributed by atoms with E-state index >= 15 is 0 Å². The van der Waals surface area contributed by atoms with E-state index in [0.717, 1.165) is 29.9 Å². The number of thioether (sulfide) groups is 1. The minimum absolute atomic E-state index is 0.102.